The van der Waals surface area contributed by atoms with E-state index >= 15 is 0 Å². The molecule has 4 nitrogen and oxygen atoms in total. The molecule has 222 valence electrons. The first-order valence-corrected chi connectivity index (χ1v) is 15.7. The van der Waals surface area contributed by atoms with E-state index in [1.54, 1.807) is 0 Å². The van der Waals surface area contributed by atoms with Gasteiger partial charge in [0.1, 0.15) is 16.7 Å². The molecule has 0 atom stereocenters. The number of anilines is 3. The third kappa shape index (κ3) is 4.75. The molecular weight excluding hydrogens is 576 g/mol. The summed E-state index contributed by atoms with van der Waals surface area (Å²) < 4.78 is 12.8. The third-order valence-electron chi connectivity index (χ3n) is 8.69. The standard InChI is InChI=1S/C43H28N2O2/c1-5-14-29(15-6-1)32-24-25-37(34(26-32)30-16-7-2-8-17-30)45(33-20-11-4-12-21-33)38-22-13-23-39-42(38)35-27-41-36(28-40(35)46-39)44-43(47-41)31-18-9-3-10-19-31/h1-28H. The second kappa shape index (κ2) is 11.2. The van der Waals surface area contributed by atoms with Crippen molar-refractivity contribution >= 4 is 50.1 Å². The third-order valence-corrected chi connectivity index (χ3v) is 8.69. The highest BCUT2D eigenvalue weighted by atomic mass is 16.4. The maximum Gasteiger partial charge on any atom is 0.227 e. The van der Waals surface area contributed by atoms with Crippen LogP contribution < -0.4 is 4.90 Å². The molecule has 0 saturated heterocycles. The van der Waals surface area contributed by atoms with Crippen LogP contribution in [0.4, 0.5) is 17.1 Å². The van der Waals surface area contributed by atoms with E-state index in [2.05, 4.69) is 132 Å². The molecule has 9 aromatic rings. The Hall–Kier alpha value is -6.39. The van der Waals surface area contributed by atoms with Crippen LogP contribution in [-0.2, 0) is 0 Å². The van der Waals surface area contributed by atoms with Gasteiger partial charge >= 0.3 is 0 Å². The second-order valence-electron chi connectivity index (χ2n) is 11.6. The Kier molecular flexibility index (Phi) is 6.43. The van der Waals surface area contributed by atoms with Gasteiger partial charge in [0.25, 0.3) is 0 Å². The molecule has 0 aliphatic rings. The van der Waals surface area contributed by atoms with Crippen molar-refractivity contribution in [2.75, 3.05) is 4.90 Å². The van der Waals surface area contributed by atoms with E-state index in [1.807, 2.05) is 42.5 Å². The minimum Gasteiger partial charge on any atom is -0.456 e. The topological polar surface area (TPSA) is 42.4 Å². The van der Waals surface area contributed by atoms with Gasteiger partial charge in [0.15, 0.2) is 5.58 Å². The largest absolute Gasteiger partial charge is 0.456 e. The van der Waals surface area contributed by atoms with Crippen LogP contribution in [0.2, 0.25) is 0 Å². The van der Waals surface area contributed by atoms with E-state index in [0.717, 1.165) is 72.4 Å². The van der Waals surface area contributed by atoms with Gasteiger partial charge in [-0.25, -0.2) is 4.98 Å². The summed E-state index contributed by atoms with van der Waals surface area (Å²) in [6.07, 6.45) is 0. The summed E-state index contributed by atoms with van der Waals surface area (Å²) in [7, 11) is 0. The van der Waals surface area contributed by atoms with E-state index in [9.17, 15) is 0 Å². The quantitative estimate of drug-likeness (QED) is 0.189. The summed E-state index contributed by atoms with van der Waals surface area (Å²) in [6.45, 7) is 0. The SMILES string of the molecule is c1ccc(-c2ccc(N(c3ccccc3)c3cccc4oc5cc6nc(-c7ccccc7)oc6cc5c34)c(-c3ccccc3)c2)cc1. The van der Waals surface area contributed by atoms with Crippen LogP contribution in [0.15, 0.2) is 179 Å². The zero-order valence-electron chi connectivity index (χ0n) is 25.4. The average molecular weight is 605 g/mol. The molecule has 0 N–H and O–H groups in total. The normalized spacial score (nSPS) is 11.4. The van der Waals surface area contributed by atoms with Crippen LogP contribution in [0.1, 0.15) is 0 Å². The highest BCUT2D eigenvalue weighted by Crippen LogP contribution is 2.47. The highest BCUT2D eigenvalue weighted by molar-refractivity contribution is 6.16. The monoisotopic (exact) mass is 604 g/mol. The number of fused-ring (bicyclic) bond motifs is 4. The highest BCUT2D eigenvalue weighted by Gasteiger charge is 2.23. The lowest BCUT2D eigenvalue weighted by molar-refractivity contribution is 0.620. The molecule has 0 unspecified atom stereocenters. The molecule has 0 radical (unpaired) electrons. The first-order valence-electron chi connectivity index (χ1n) is 15.7. The van der Waals surface area contributed by atoms with Crippen LogP contribution in [0.3, 0.4) is 0 Å². The Morgan fingerprint density at radius 3 is 1.81 bits per heavy atom. The Morgan fingerprint density at radius 1 is 0.426 bits per heavy atom. The summed E-state index contributed by atoms with van der Waals surface area (Å²) in [5.74, 6) is 0.592. The number of hydrogen-bond donors (Lipinski definition) is 0. The number of oxazole rings is 1. The average Bonchev–Trinajstić information content (AvgIpc) is 3.73. The molecule has 4 heteroatoms. The Morgan fingerprint density at radius 2 is 1.09 bits per heavy atom. The van der Waals surface area contributed by atoms with Gasteiger partial charge in [0.05, 0.1) is 16.8 Å². The van der Waals surface area contributed by atoms with E-state index in [0.29, 0.717) is 5.89 Å². The summed E-state index contributed by atoms with van der Waals surface area (Å²) in [5.41, 5.74) is 11.7. The van der Waals surface area contributed by atoms with Crippen LogP contribution >= 0.6 is 0 Å². The summed E-state index contributed by atoms with van der Waals surface area (Å²) in [4.78, 5) is 7.14. The number of rotatable bonds is 6. The van der Waals surface area contributed by atoms with Gasteiger partial charge < -0.3 is 13.7 Å². The minimum atomic E-state index is 0.592. The van der Waals surface area contributed by atoms with Crippen molar-refractivity contribution in [3.8, 4) is 33.7 Å². The molecule has 0 saturated carbocycles. The van der Waals surface area contributed by atoms with E-state index in [1.165, 1.54) is 5.56 Å². The summed E-state index contributed by atoms with van der Waals surface area (Å²) in [5, 5.41) is 1.99. The van der Waals surface area contributed by atoms with Gasteiger partial charge in [-0.1, -0.05) is 109 Å². The number of benzene rings is 7. The van der Waals surface area contributed by atoms with Crippen LogP contribution in [0, 0.1) is 0 Å². The van der Waals surface area contributed by atoms with Crippen LogP contribution in [0.5, 0.6) is 0 Å². The maximum absolute atomic E-state index is 6.52. The molecule has 0 aliphatic carbocycles. The van der Waals surface area contributed by atoms with Crippen molar-refractivity contribution in [2.24, 2.45) is 0 Å². The van der Waals surface area contributed by atoms with Crippen LogP contribution in [-0.4, -0.2) is 4.98 Å². The van der Waals surface area contributed by atoms with Crippen molar-refractivity contribution in [3.63, 3.8) is 0 Å². The van der Waals surface area contributed by atoms with Crippen molar-refractivity contribution < 1.29 is 8.83 Å². The Bertz CT molecular complexity index is 2500. The molecule has 7 aromatic carbocycles. The lowest BCUT2D eigenvalue weighted by Crippen LogP contribution is -2.11. The van der Waals surface area contributed by atoms with Gasteiger partial charge in [-0.05, 0) is 71.3 Å². The van der Waals surface area contributed by atoms with Gasteiger partial charge in [-0.15, -0.1) is 0 Å². The number of hydrogen-bond acceptors (Lipinski definition) is 4. The van der Waals surface area contributed by atoms with E-state index < -0.39 is 0 Å². The molecule has 0 bridgehead atoms. The van der Waals surface area contributed by atoms with Crippen molar-refractivity contribution in [2.45, 2.75) is 0 Å². The van der Waals surface area contributed by atoms with Gasteiger partial charge in [-0.2, -0.15) is 0 Å². The molecular formula is C43H28N2O2. The Labute approximate surface area is 271 Å². The Balaban J connectivity index is 1.30. The van der Waals surface area contributed by atoms with Gasteiger partial charge in [0.2, 0.25) is 5.89 Å². The summed E-state index contributed by atoms with van der Waals surface area (Å²) >= 11 is 0. The molecule has 9 rings (SSSR count). The lowest BCUT2D eigenvalue weighted by atomic mass is 9.96. The zero-order chi connectivity index (χ0) is 31.2. The number of para-hydroxylation sites is 1. The second-order valence-corrected chi connectivity index (χ2v) is 11.6. The molecule has 0 aliphatic heterocycles. The van der Waals surface area contributed by atoms with Crippen LogP contribution in [0.25, 0.3) is 66.7 Å². The zero-order valence-corrected chi connectivity index (χ0v) is 25.4. The fourth-order valence-electron chi connectivity index (χ4n) is 6.49. The maximum atomic E-state index is 6.52. The number of nitrogens with zero attached hydrogens (tertiary/aromatic N) is 2. The summed E-state index contributed by atoms with van der Waals surface area (Å²) in [6, 6.07) is 58.7. The number of furan rings is 1. The molecule has 0 fully saturated rings. The predicted octanol–water partition coefficient (Wildman–Crippen LogP) is 12.2. The van der Waals surface area contributed by atoms with E-state index in [-0.39, 0.29) is 0 Å². The molecule has 0 spiro atoms. The molecule has 2 aromatic heterocycles. The van der Waals surface area contributed by atoms with Crippen molar-refractivity contribution in [3.05, 3.63) is 170 Å². The van der Waals surface area contributed by atoms with Crippen molar-refractivity contribution in [1.29, 1.82) is 0 Å². The fourth-order valence-corrected chi connectivity index (χ4v) is 6.49. The first-order chi connectivity index (χ1) is 23.3. The van der Waals surface area contributed by atoms with Gasteiger partial charge in [-0.3, -0.25) is 0 Å². The first kappa shape index (κ1) is 27.0. The predicted molar refractivity (Wildman–Crippen MR) is 192 cm³/mol. The number of aromatic nitrogens is 1. The molecule has 2 heterocycles. The fraction of sp³-hybridized carbons (Fsp3) is 0. The minimum absolute atomic E-state index is 0.592. The van der Waals surface area contributed by atoms with Crippen molar-refractivity contribution in [1.82, 2.24) is 4.98 Å². The lowest BCUT2D eigenvalue weighted by Gasteiger charge is -2.29. The molecule has 0 amide bonds. The molecule has 47 heavy (non-hydrogen) atoms. The van der Waals surface area contributed by atoms with Gasteiger partial charge in [0, 0.05) is 28.3 Å². The van der Waals surface area contributed by atoms with E-state index in [4.69, 9.17) is 13.8 Å². The smallest absolute Gasteiger partial charge is 0.227 e.